The second-order valence-electron chi connectivity index (χ2n) is 4.99. The molecule has 0 amide bonds. The van der Waals surface area contributed by atoms with Gasteiger partial charge in [0.25, 0.3) is 5.92 Å². The molecular weight excluding hydrogens is 302 g/mol. The minimum absolute atomic E-state index is 0.297. The Morgan fingerprint density at radius 1 is 1.43 bits per heavy atom. The van der Waals surface area contributed by atoms with Gasteiger partial charge in [-0.1, -0.05) is 11.6 Å². The van der Waals surface area contributed by atoms with Crippen LogP contribution in [0, 0.1) is 0 Å². The molecule has 0 unspecified atom stereocenters. The van der Waals surface area contributed by atoms with Crippen LogP contribution in [-0.4, -0.2) is 55.8 Å². The smallest absolute Gasteiger partial charge is 0.290 e. The minimum atomic E-state index is -3.28. The highest BCUT2D eigenvalue weighted by Crippen LogP contribution is 2.41. The number of alkyl halides is 2. The Kier molecular flexibility index (Phi) is 5.37. The zero-order valence-electron chi connectivity index (χ0n) is 11.8. The Morgan fingerprint density at radius 2 is 2.10 bits per heavy atom. The van der Waals surface area contributed by atoms with E-state index in [-0.39, 0.29) is 0 Å². The van der Waals surface area contributed by atoms with E-state index >= 15 is 0 Å². The van der Waals surface area contributed by atoms with Crippen molar-refractivity contribution < 1.29 is 18.6 Å². The standard InChI is InChI=1S/C14H19ClF2N2O2/c1-21-12-3-2-10(15)8-11(12)13(14(16,17)9-20)19-6-4-18-5-7-19/h2-3,8,13,18,20H,4-7,9H2,1H3/t13-/m1/s1. The van der Waals surface area contributed by atoms with Gasteiger partial charge in [-0.05, 0) is 18.2 Å². The van der Waals surface area contributed by atoms with Crippen LogP contribution >= 0.6 is 11.6 Å². The molecule has 0 spiro atoms. The molecule has 0 aromatic heterocycles. The normalized spacial score (nSPS) is 18.5. The van der Waals surface area contributed by atoms with Gasteiger partial charge >= 0.3 is 0 Å². The van der Waals surface area contributed by atoms with E-state index < -0.39 is 18.6 Å². The van der Waals surface area contributed by atoms with Gasteiger partial charge in [0.1, 0.15) is 18.4 Å². The molecule has 1 fully saturated rings. The number of aliphatic hydroxyl groups excluding tert-OH is 1. The van der Waals surface area contributed by atoms with Crippen molar-refractivity contribution in [1.82, 2.24) is 10.2 Å². The maximum absolute atomic E-state index is 14.3. The van der Waals surface area contributed by atoms with Crippen molar-refractivity contribution >= 4 is 11.6 Å². The van der Waals surface area contributed by atoms with Crippen molar-refractivity contribution in [1.29, 1.82) is 0 Å². The first-order chi connectivity index (χ1) is 9.99. The van der Waals surface area contributed by atoms with E-state index in [9.17, 15) is 8.78 Å². The van der Waals surface area contributed by atoms with Crippen molar-refractivity contribution in [2.75, 3.05) is 39.9 Å². The Balaban J connectivity index is 2.46. The molecule has 118 valence electrons. The zero-order chi connectivity index (χ0) is 15.5. The molecule has 1 aliphatic rings. The molecule has 21 heavy (non-hydrogen) atoms. The van der Waals surface area contributed by atoms with Crippen molar-refractivity contribution in [3.05, 3.63) is 28.8 Å². The van der Waals surface area contributed by atoms with E-state index in [0.29, 0.717) is 42.5 Å². The fraction of sp³-hybridized carbons (Fsp3) is 0.571. The molecule has 7 heteroatoms. The monoisotopic (exact) mass is 320 g/mol. The summed E-state index contributed by atoms with van der Waals surface area (Å²) in [5.74, 6) is -2.94. The van der Waals surface area contributed by atoms with Crippen LogP contribution in [0.3, 0.4) is 0 Å². The van der Waals surface area contributed by atoms with Gasteiger partial charge < -0.3 is 15.2 Å². The van der Waals surface area contributed by atoms with Gasteiger partial charge in [0.15, 0.2) is 0 Å². The predicted molar refractivity (Wildman–Crippen MR) is 77.2 cm³/mol. The second kappa shape index (κ2) is 6.87. The summed E-state index contributed by atoms with van der Waals surface area (Å²) in [4.78, 5) is 1.65. The molecule has 0 radical (unpaired) electrons. The van der Waals surface area contributed by atoms with Gasteiger partial charge in [-0.15, -0.1) is 0 Å². The molecule has 1 saturated heterocycles. The summed E-state index contributed by atoms with van der Waals surface area (Å²) in [7, 11) is 1.43. The van der Waals surface area contributed by atoms with Crippen molar-refractivity contribution in [2.24, 2.45) is 0 Å². The lowest BCUT2D eigenvalue weighted by atomic mass is 9.97. The van der Waals surface area contributed by atoms with Gasteiger partial charge in [-0.25, -0.2) is 8.78 Å². The van der Waals surface area contributed by atoms with Gasteiger partial charge in [-0.3, -0.25) is 4.90 Å². The molecule has 1 atom stereocenters. The lowest BCUT2D eigenvalue weighted by Crippen LogP contribution is -2.51. The van der Waals surface area contributed by atoms with Crippen molar-refractivity contribution in [3.63, 3.8) is 0 Å². The molecule has 4 nitrogen and oxygen atoms in total. The number of nitrogens with zero attached hydrogens (tertiary/aromatic N) is 1. The second-order valence-corrected chi connectivity index (χ2v) is 5.43. The fourth-order valence-electron chi connectivity index (χ4n) is 2.64. The topological polar surface area (TPSA) is 44.7 Å². The van der Waals surface area contributed by atoms with Crippen molar-refractivity contribution in [2.45, 2.75) is 12.0 Å². The maximum Gasteiger partial charge on any atom is 0.290 e. The van der Waals surface area contributed by atoms with Crippen LogP contribution < -0.4 is 10.1 Å². The Morgan fingerprint density at radius 3 is 2.67 bits per heavy atom. The summed E-state index contributed by atoms with van der Waals surface area (Å²) in [6.07, 6.45) is 0. The summed E-state index contributed by atoms with van der Waals surface area (Å²) >= 11 is 5.96. The Bertz CT molecular complexity index is 482. The molecule has 0 aliphatic carbocycles. The number of piperazine rings is 1. The van der Waals surface area contributed by atoms with Gasteiger partial charge in [-0.2, -0.15) is 0 Å². The third-order valence-electron chi connectivity index (χ3n) is 3.61. The largest absolute Gasteiger partial charge is 0.496 e. The predicted octanol–water partition coefficient (Wildman–Crippen LogP) is 1.92. The van der Waals surface area contributed by atoms with Crippen LogP contribution in [0.4, 0.5) is 8.78 Å². The van der Waals surface area contributed by atoms with Gasteiger partial charge in [0, 0.05) is 36.8 Å². The van der Waals surface area contributed by atoms with Crippen LogP contribution in [0.5, 0.6) is 5.75 Å². The summed E-state index contributed by atoms with van der Waals surface area (Å²) < 4.78 is 33.8. The third-order valence-corrected chi connectivity index (χ3v) is 3.85. The molecule has 2 rings (SSSR count). The number of hydrogen-bond acceptors (Lipinski definition) is 4. The number of methoxy groups -OCH3 is 1. The van der Waals surface area contributed by atoms with E-state index in [1.807, 2.05) is 0 Å². The fourth-order valence-corrected chi connectivity index (χ4v) is 2.82. The summed E-state index contributed by atoms with van der Waals surface area (Å²) in [5, 5.41) is 12.6. The van der Waals surface area contributed by atoms with Crippen molar-refractivity contribution in [3.8, 4) is 5.75 Å². The van der Waals surface area contributed by atoms with E-state index in [1.54, 1.807) is 17.0 Å². The number of nitrogens with one attached hydrogen (secondary N) is 1. The van der Waals surface area contributed by atoms with E-state index in [1.165, 1.54) is 13.2 Å². The Labute approximate surface area is 127 Å². The van der Waals surface area contributed by atoms with Crippen LogP contribution in [0.15, 0.2) is 18.2 Å². The SMILES string of the molecule is COc1ccc(Cl)cc1[C@@H](N1CCNCC1)C(F)(F)CO. The minimum Gasteiger partial charge on any atom is -0.496 e. The first-order valence-electron chi connectivity index (χ1n) is 6.76. The molecular formula is C14H19ClF2N2O2. The highest BCUT2D eigenvalue weighted by molar-refractivity contribution is 6.30. The van der Waals surface area contributed by atoms with E-state index in [4.69, 9.17) is 21.4 Å². The highest BCUT2D eigenvalue weighted by atomic mass is 35.5. The first kappa shape index (κ1) is 16.4. The number of benzene rings is 1. The average Bonchev–Trinajstić information content (AvgIpc) is 2.48. The molecule has 0 saturated carbocycles. The first-order valence-corrected chi connectivity index (χ1v) is 7.14. The number of rotatable bonds is 5. The van der Waals surface area contributed by atoms with Gasteiger partial charge in [0.2, 0.25) is 0 Å². The van der Waals surface area contributed by atoms with Crippen LogP contribution in [0.2, 0.25) is 5.02 Å². The molecule has 1 aliphatic heterocycles. The number of halogens is 3. The number of hydrogen-bond donors (Lipinski definition) is 2. The van der Waals surface area contributed by atoms with Crippen LogP contribution in [0.1, 0.15) is 11.6 Å². The maximum atomic E-state index is 14.3. The highest BCUT2D eigenvalue weighted by Gasteiger charge is 2.45. The lowest BCUT2D eigenvalue weighted by Gasteiger charge is -2.39. The van der Waals surface area contributed by atoms with Crippen LogP contribution in [-0.2, 0) is 0 Å². The van der Waals surface area contributed by atoms with Crippen LogP contribution in [0.25, 0.3) is 0 Å². The molecule has 1 heterocycles. The molecule has 1 aromatic carbocycles. The Hall–Kier alpha value is -0.950. The van der Waals surface area contributed by atoms with Gasteiger partial charge in [0.05, 0.1) is 7.11 Å². The molecule has 0 bridgehead atoms. The zero-order valence-corrected chi connectivity index (χ0v) is 12.5. The average molecular weight is 321 g/mol. The summed E-state index contributed by atoms with van der Waals surface area (Å²) in [6.45, 7) is 0.963. The van der Waals surface area contributed by atoms with E-state index in [2.05, 4.69) is 5.32 Å². The lowest BCUT2D eigenvalue weighted by molar-refractivity contribution is -0.119. The summed E-state index contributed by atoms with van der Waals surface area (Å²) in [5.41, 5.74) is 0.297. The quantitative estimate of drug-likeness (QED) is 0.870. The third kappa shape index (κ3) is 3.63. The summed E-state index contributed by atoms with van der Waals surface area (Å²) in [6, 6.07) is 3.38. The van der Waals surface area contributed by atoms with E-state index in [0.717, 1.165) is 0 Å². The molecule has 2 N–H and O–H groups in total. The number of ether oxygens (including phenoxy) is 1. The number of aliphatic hydroxyl groups is 1. The molecule has 1 aromatic rings.